The Morgan fingerprint density at radius 1 is 1.67 bits per heavy atom. The zero-order valence-electron chi connectivity index (χ0n) is 8.81. The van der Waals surface area contributed by atoms with E-state index >= 15 is 0 Å². The van der Waals surface area contributed by atoms with Crippen LogP contribution in [0.15, 0.2) is 22.1 Å². The Kier molecular flexibility index (Phi) is 4.71. The molecule has 6 heteroatoms. The quantitative estimate of drug-likeness (QED) is 0.531. The molecule has 5 nitrogen and oxygen atoms in total. The van der Waals surface area contributed by atoms with E-state index in [0.717, 1.165) is 13.0 Å². The summed E-state index contributed by atoms with van der Waals surface area (Å²) >= 11 is 5.90. The van der Waals surface area contributed by atoms with Gasteiger partial charge in [-0.25, -0.2) is 0 Å². The van der Waals surface area contributed by atoms with Gasteiger partial charge in [-0.05, 0) is 6.42 Å². The van der Waals surface area contributed by atoms with E-state index in [4.69, 9.17) is 16.3 Å². The van der Waals surface area contributed by atoms with Crippen LogP contribution < -0.4 is 0 Å². The third kappa shape index (κ3) is 3.28. The van der Waals surface area contributed by atoms with Gasteiger partial charge in [0, 0.05) is 27.3 Å². The second-order valence-corrected chi connectivity index (χ2v) is 3.67. The van der Waals surface area contributed by atoms with Gasteiger partial charge in [0.15, 0.2) is 5.38 Å². The van der Waals surface area contributed by atoms with Gasteiger partial charge in [0.1, 0.15) is 0 Å². The highest BCUT2D eigenvalue weighted by atomic mass is 35.5. The van der Waals surface area contributed by atoms with Gasteiger partial charge in [-0.2, -0.15) is 5.11 Å². The van der Waals surface area contributed by atoms with Gasteiger partial charge < -0.3 is 9.64 Å². The van der Waals surface area contributed by atoms with Crippen LogP contribution in [0.4, 0.5) is 0 Å². The molecule has 0 aromatic heterocycles. The first kappa shape index (κ1) is 12.1. The zero-order chi connectivity index (χ0) is 11.3. The molecular weight excluding hydrogens is 218 g/mol. The normalized spacial score (nSPS) is 20.3. The molecule has 0 saturated heterocycles. The number of methoxy groups -OCH3 is 1. The molecule has 1 rings (SSSR count). The maximum absolute atomic E-state index is 11.2. The second-order valence-electron chi connectivity index (χ2n) is 3.24. The lowest BCUT2D eigenvalue weighted by molar-refractivity contribution is -0.117. The van der Waals surface area contributed by atoms with E-state index in [1.165, 1.54) is 6.20 Å². The van der Waals surface area contributed by atoms with Crippen molar-refractivity contribution in [3.05, 3.63) is 11.9 Å². The van der Waals surface area contributed by atoms with Crippen LogP contribution in [0.1, 0.15) is 6.42 Å². The molecule has 1 aliphatic rings. The molecule has 0 fully saturated rings. The van der Waals surface area contributed by atoms with Crippen molar-refractivity contribution in [2.45, 2.75) is 11.8 Å². The SMILES string of the molecule is COCCCN(C)C1=CN=NC(=O)C1Cl. The molecule has 1 unspecified atom stereocenters. The molecular formula is C9H14ClN3O2. The first-order chi connectivity index (χ1) is 7.16. The fraction of sp³-hybridized carbons (Fsp3) is 0.667. The maximum atomic E-state index is 11.2. The van der Waals surface area contributed by atoms with Gasteiger partial charge in [0.05, 0.1) is 11.9 Å². The number of hydrogen-bond acceptors (Lipinski definition) is 4. The molecule has 0 radical (unpaired) electrons. The van der Waals surface area contributed by atoms with E-state index in [0.29, 0.717) is 12.3 Å². The number of amides is 1. The Bertz CT molecular complexity index is 291. The standard InChI is InChI=1S/C9H14ClN3O2/c1-13(4-3-5-15-2)7-6-11-12-9(14)8(7)10/h6,8H,3-5H2,1-2H3. The molecule has 1 heterocycles. The topological polar surface area (TPSA) is 54.3 Å². The van der Waals surface area contributed by atoms with Gasteiger partial charge in [-0.15, -0.1) is 16.7 Å². The molecule has 0 saturated carbocycles. The Morgan fingerprint density at radius 2 is 2.40 bits per heavy atom. The van der Waals surface area contributed by atoms with Gasteiger partial charge in [-0.1, -0.05) is 0 Å². The van der Waals surface area contributed by atoms with E-state index in [1.54, 1.807) is 7.11 Å². The number of halogens is 1. The van der Waals surface area contributed by atoms with Crippen LogP contribution in [-0.4, -0.2) is 43.5 Å². The lowest BCUT2D eigenvalue weighted by Gasteiger charge is -2.24. The summed E-state index contributed by atoms with van der Waals surface area (Å²) in [5.41, 5.74) is 0.688. The molecule has 0 aromatic rings. The van der Waals surface area contributed by atoms with Crippen molar-refractivity contribution in [3.8, 4) is 0 Å². The van der Waals surface area contributed by atoms with Gasteiger partial charge in [0.2, 0.25) is 0 Å². The van der Waals surface area contributed by atoms with Crippen molar-refractivity contribution in [1.29, 1.82) is 0 Å². The van der Waals surface area contributed by atoms with Gasteiger partial charge in [0.25, 0.3) is 5.91 Å². The van der Waals surface area contributed by atoms with Crippen LogP contribution in [0.5, 0.6) is 0 Å². The molecule has 84 valence electrons. The van der Waals surface area contributed by atoms with Crippen LogP contribution in [0.2, 0.25) is 0 Å². The molecule has 1 aliphatic heterocycles. The van der Waals surface area contributed by atoms with Crippen LogP contribution >= 0.6 is 11.6 Å². The van der Waals surface area contributed by atoms with Crippen LogP contribution in [-0.2, 0) is 9.53 Å². The summed E-state index contributed by atoms with van der Waals surface area (Å²) in [6.07, 6.45) is 2.39. The fourth-order valence-corrected chi connectivity index (χ4v) is 1.52. The van der Waals surface area contributed by atoms with Crippen molar-refractivity contribution in [3.63, 3.8) is 0 Å². The van der Waals surface area contributed by atoms with Crippen molar-refractivity contribution in [2.24, 2.45) is 10.2 Å². The molecule has 0 aliphatic carbocycles. The predicted octanol–water partition coefficient (Wildman–Crippen LogP) is 1.40. The van der Waals surface area contributed by atoms with Crippen LogP contribution in [0.3, 0.4) is 0 Å². The minimum Gasteiger partial charge on any atom is -0.385 e. The van der Waals surface area contributed by atoms with Gasteiger partial charge in [-0.3, -0.25) is 4.79 Å². The molecule has 1 atom stereocenters. The minimum atomic E-state index is -0.713. The van der Waals surface area contributed by atoms with Crippen LogP contribution in [0.25, 0.3) is 0 Å². The number of nitrogens with zero attached hydrogens (tertiary/aromatic N) is 3. The number of rotatable bonds is 5. The van der Waals surface area contributed by atoms with E-state index in [2.05, 4.69) is 10.2 Å². The summed E-state index contributed by atoms with van der Waals surface area (Å²) in [6.45, 7) is 1.45. The summed E-state index contributed by atoms with van der Waals surface area (Å²) in [6, 6.07) is 0. The maximum Gasteiger partial charge on any atom is 0.288 e. The summed E-state index contributed by atoms with van der Waals surface area (Å²) in [7, 11) is 3.52. The average Bonchev–Trinajstić information content (AvgIpc) is 2.22. The number of ether oxygens (including phenoxy) is 1. The Hall–Kier alpha value is -0.940. The summed E-state index contributed by atoms with van der Waals surface area (Å²) in [4.78, 5) is 13.0. The minimum absolute atomic E-state index is 0.409. The molecule has 15 heavy (non-hydrogen) atoms. The molecule has 0 aromatic carbocycles. The number of hydrogen-bond donors (Lipinski definition) is 0. The molecule has 0 spiro atoms. The van der Waals surface area contributed by atoms with E-state index in [-0.39, 0.29) is 0 Å². The number of carbonyl (C=O) groups excluding carboxylic acids is 1. The largest absolute Gasteiger partial charge is 0.385 e. The lowest BCUT2D eigenvalue weighted by Crippen LogP contribution is -2.30. The Labute approximate surface area is 93.7 Å². The van der Waals surface area contributed by atoms with Crippen LogP contribution in [0, 0.1) is 0 Å². The molecule has 0 bridgehead atoms. The van der Waals surface area contributed by atoms with Crippen molar-refractivity contribution in [1.82, 2.24) is 4.90 Å². The first-order valence-corrected chi connectivity index (χ1v) is 5.09. The highest BCUT2D eigenvalue weighted by Crippen LogP contribution is 2.19. The number of alkyl halides is 1. The highest BCUT2D eigenvalue weighted by molar-refractivity contribution is 6.33. The smallest absolute Gasteiger partial charge is 0.288 e. The first-order valence-electron chi connectivity index (χ1n) is 4.65. The number of azo groups is 1. The van der Waals surface area contributed by atoms with Crippen molar-refractivity contribution < 1.29 is 9.53 Å². The summed E-state index contributed by atoms with van der Waals surface area (Å²) < 4.78 is 4.94. The lowest BCUT2D eigenvalue weighted by atomic mass is 10.2. The average molecular weight is 232 g/mol. The summed E-state index contributed by atoms with van der Waals surface area (Å²) in [5.74, 6) is -0.409. The Morgan fingerprint density at radius 3 is 3.07 bits per heavy atom. The predicted molar refractivity (Wildman–Crippen MR) is 56.7 cm³/mol. The second kappa shape index (κ2) is 5.82. The molecule has 1 amide bonds. The third-order valence-electron chi connectivity index (χ3n) is 2.11. The van der Waals surface area contributed by atoms with Crippen molar-refractivity contribution in [2.75, 3.05) is 27.3 Å². The molecule has 0 N–H and O–H groups in total. The van der Waals surface area contributed by atoms with E-state index in [1.807, 2.05) is 11.9 Å². The summed E-state index contributed by atoms with van der Waals surface area (Å²) in [5, 5.41) is 6.25. The zero-order valence-corrected chi connectivity index (χ0v) is 9.57. The highest BCUT2D eigenvalue weighted by Gasteiger charge is 2.25. The Balaban J connectivity index is 2.51. The van der Waals surface area contributed by atoms with Gasteiger partial charge >= 0.3 is 0 Å². The monoisotopic (exact) mass is 231 g/mol. The number of carbonyl (C=O) groups is 1. The fourth-order valence-electron chi connectivity index (χ4n) is 1.25. The third-order valence-corrected chi connectivity index (χ3v) is 2.52. The van der Waals surface area contributed by atoms with E-state index in [9.17, 15) is 4.79 Å². The van der Waals surface area contributed by atoms with Crippen molar-refractivity contribution >= 4 is 17.5 Å². The van der Waals surface area contributed by atoms with E-state index < -0.39 is 11.3 Å².